The second-order valence-corrected chi connectivity index (χ2v) is 5.65. The van der Waals surface area contributed by atoms with Crippen LogP contribution < -0.4 is 10.6 Å². The van der Waals surface area contributed by atoms with E-state index in [1.807, 2.05) is 11.4 Å². The fourth-order valence-electron chi connectivity index (χ4n) is 1.72. The van der Waals surface area contributed by atoms with Crippen LogP contribution in [0.2, 0.25) is 0 Å². The highest BCUT2D eigenvalue weighted by atomic mass is 79.9. The van der Waals surface area contributed by atoms with Gasteiger partial charge in [0.15, 0.2) is 5.13 Å². The Bertz CT molecular complexity index is 472. The molecule has 2 rings (SSSR count). The lowest BCUT2D eigenvalue weighted by Gasteiger charge is -2.21. The molecule has 1 aromatic heterocycles. The van der Waals surface area contributed by atoms with Crippen molar-refractivity contribution in [2.24, 2.45) is 5.73 Å². The molecule has 0 aliphatic carbocycles. The zero-order chi connectivity index (χ0) is 12.8. The SMILES string of the molecule is NCCCN(Cc1ccccc1)c1nc(Br)cs1. The minimum Gasteiger partial charge on any atom is -0.344 e. The maximum atomic E-state index is 5.60. The van der Waals surface area contributed by atoms with Gasteiger partial charge in [-0.2, -0.15) is 0 Å². The first-order chi connectivity index (χ1) is 8.79. The summed E-state index contributed by atoms with van der Waals surface area (Å²) in [6.45, 7) is 2.52. The average molecular weight is 326 g/mol. The van der Waals surface area contributed by atoms with E-state index in [1.165, 1.54) is 5.56 Å². The number of nitrogens with zero attached hydrogens (tertiary/aromatic N) is 2. The van der Waals surface area contributed by atoms with E-state index < -0.39 is 0 Å². The van der Waals surface area contributed by atoms with Crippen LogP contribution in [0, 0.1) is 0 Å². The van der Waals surface area contributed by atoms with Gasteiger partial charge in [-0.05, 0) is 34.5 Å². The van der Waals surface area contributed by atoms with Crippen LogP contribution in [-0.4, -0.2) is 18.1 Å². The highest BCUT2D eigenvalue weighted by Crippen LogP contribution is 2.25. The van der Waals surface area contributed by atoms with Crippen LogP contribution >= 0.6 is 27.3 Å². The molecule has 1 aromatic carbocycles. The van der Waals surface area contributed by atoms with E-state index in [4.69, 9.17) is 5.73 Å². The van der Waals surface area contributed by atoms with E-state index in [2.05, 4.69) is 50.1 Å². The van der Waals surface area contributed by atoms with Crippen LogP contribution in [0.15, 0.2) is 40.3 Å². The molecule has 1 heterocycles. The van der Waals surface area contributed by atoms with E-state index in [-0.39, 0.29) is 0 Å². The number of hydrogen-bond donors (Lipinski definition) is 1. The maximum Gasteiger partial charge on any atom is 0.186 e. The van der Waals surface area contributed by atoms with Crippen LogP contribution in [-0.2, 0) is 6.54 Å². The fraction of sp³-hybridized carbons (Fsp3) is 0.308. The van der Waals surface area contributed by atoms with Gasteiger partial charge in [0.2, 0.25) is 0 Å². The lowest BCUT2D eigenvalue weighted by atomic mass is 10.2. The topological polar surface area (TPSA) is 42.1 Å². The Morgan fingerprint density at radius 3 is 2.67 bits per heavy atom. The van der Waals surface area contributed by atoms with Crippen molar-refractivity contribution in [3.63, 3.8) is 0 Å². The summed E-state index contributed by atoms with van der Waals surface area (Å²) in [5.74, 6) is 0. The van der Waals surface area contributed by atoms with Gasteiger partial charge in [-0.15, -0.1) is 11.3 Å². The predicted octanol–water partition coefficient (Wildman–Crippen LogP) is 3.26. The fourth-order valence-corrected chi connectivity index (χ4v) is 3.00. The summed E-state index contributed by atoms with van der Waals surface area (Å²) in [7, 11) is 0. The first-order valence-electron chi connectivity index (χ1n) is 5.89. The predicted molar refractivity (Wildman–Crippen MR) is 81.0 cm³/mol. The van der Waals surface area contributed by atoms with E-state index in [9.17, 15) is 0 Å². The molecule has 0 saturated carbocycles. The molecule has 2 aromatic rings. The molecule has 96 valence electrons. The van der Waals surface area contributed by atoms with Gasteiger partial charge in [0.25, 0.3) is 0 Å². The zero-order valence-corrected chi connectivity index (χ0v) is 12.5. The Labute approximate surface area is 120 Å². The standard InChI is InChI=1S/C13H16BrN3S/c14-12-10-18-13(16-12)17(8-4-7-15)9-11-5-2-1-3-6-11/h1-3,5-6,10H,4,7-9,15H2. The third-order valence-corrected chi connectivity index (χ3v) is 4.19. The summed E-state index contributed by atoms with van der Waals surface area (Å²) in [5.41, 5.74) is 6.89. The Hall–Kier alpha value is -0.910. The minimum absolute atomic E-state index is 0.706. The minimum atomic E-state index is 0.706. The molecule has 0 fully saturated rings. The van der Waals surface area contributed by atoms with Gasteiger partial charge in [0, 0.05) is 18.5 Å². The molecule has 0 spiro atoms. The Morgan fingerprint density at radius 2 is 2.06 bits per heavy atom. The lowest BCUT2D eigenvalue weighted by molar-refractivity contribution is 0.732. The van der Waals surface area contributed by atoms with Crippen molar-refractivity contribution in [2.75, 3.05) is 18.0 Å². The molecule has 0 unspecified atom stereocenters. The normalized spacial score (nSPS) is 10.6. The summed E-state index contributed by atoms with van der Waals surface area (Å²) in [6, 6.07) is 10.4. The largest absolute Gasteiger partial charge is 0.344 e. The summed E-state index contributed by atoms with van der Waals surface area (Å²) in [6.07, 6.45) is 0.976. The molecule has 0 saturated heterocycles. The quantitative estimate of drug-likeness (QED) is 0.886. The van der Waals surface area contributed by atoms with Crippen molar-refractivity contribution in [1.29, 1.82) is 0 Å². The smallest absolute Gasteiger partial charge is 0.186 e. The van der Waals surface area contributed by atoms with Crippen LogP contribution in [0.3, 0.4) is 0 Å². The van der Waals surface area contributed by atoms with E-state index in [0.29, 0.717) is 6.54 Å². The Balaban J connectivity index is 2.10. The number of nitrogens with two attached hydrogens (primary N) is 1. The van der Waals surface area contributed by atoms with Gasteiger partial charge in [-0.1, -0.05) is 30.3 Å². The highest BCUT2D eigenvalue weighted by Gasteiger charge is 2.10. The summed E-state index contributed by atoms with van der Waals surface area (Å²) >= 11 is 5.06. The third kappa shape index (κ3) is 3.80. The molecular formula is C13H16BrN3S. The molecule has 2 N–H and O–H groups in total. The second kappa shape index (κ2) is 6.87. The summed E-state index contributed by atoms with van der Waals surface area (Å²) in [4.78, 5) is 6.76. The molecule has 18 heavy (non-hydrogen) atoms. The van der Waals surface area contributed by atoms with Gasteiger partial charge in [0.1, 0.15) is 4.60 Å². The Morgan fingerprint density at radius 1 is 1.28 bits per heavy atom. The first kappa shape index (κ1) is 13.5. The molecular weight excluding hydrogens is 310 g/mol. The van der Waals surface area contributed by atoms with Gasteiger partial charge in [-0.25, -0.2) is 4.98 Å². The average Bonchev–Trinajstić information content (AvgIpc) is 2.82. The maximum absolute atomic E-state index is 5.60. The number of benzene rings is 1. The van der Waals surface area contributed by atoms with Crippen LogP contribution in [0.5, 0.6) is 0 Å². The van der Waals surface area contributed by atoms with Crippen molar-refractivity contribution >= 4 is 32.4 Å². The molecule has 0 radical (unpaired) electrons. The number of hydrogen-bond acceptors (Lipinski definition) is 4. The van der Waals surface area contributed by atoms with Crippen molar-refractivity contribution in [3.8, 4) is 0 Å². The summed E-state index contributed by atoms with van der Waals surface area (Å²) in [5, 5.41) is 3.05. The number of rotatable bonds is 6. The monoisotopic (exact) mass is 325 g/mol. The lowest BCUT2D eigenvalue weighted by Crippen LogP contribution is -2.25. The molecule has 0 bridgehead atoms. The van der Waals surface area contributed by atoms with E-state index in [1.54, 1.807) is 11.3 Å². The number of thiazole rings is 1. The second-order valence-electron chi connectivity index (χ2n) is 4.00. The molecule has 3 nitrogen and oxygen atoms in total. The molecule has 0 aliphatic heterocycles. The van der Waals surface area contributed by atoms with Crippen LogP contribution in [0.25, 0.3) is 0 Å². The molecule has 5 heteroatoms. The number of anilines is 1. The van der Waals surface area contributed by atoms with Crippen LogP contribution in [0.4, 0.5) is 5.13 Å². The van der Waals surface area contributed by atoms with Gasteiger partial charge < -0.3 is 10.6 Å². The van der Waals surface area contributed by atoms with E-state index >= 15 is 0 Å². The molecule has 0 aliphatic rings. The molecule has 0 amide bonds. The van der Waals surface area contributed by atoms with Crippen molar-refractivity contribution in [2.45, 2.75) is 13.0 Å². The highest BCUT2D eigenvalue weighted by molar-refractivity contribution is 9.10. The number of aromatic nitrogens is 1. The van der Waals surface area contributed by atoms with Crippen molar-refractivity contribution < 1.29 is 0 Å². The zero-order valence-electron chi connectivity index (χ0n) is 10.1. The third-order valence-electron chi connectivity index (χ3n) is 2.58. The van der Waals surface area contributed by atoms with Crippen LogP contribution in [0.1, 0.15) is 12.0 Å². The Kier molecular flexibility index (Phi) is 5.16. The van der Waals surface area contributed by atoms with Crippen molar-refractivity contribution in [3.05, 3.63) is 45.9 Å². The van der Waals surface area contributed by atoms with E-state index in [0.717, 1.165) is 29.2 Å². The van der Waals surface area contributed by atoms with Gasteiger partial charge in [-0.3, -0.25) is 0 Å². The van der Waals surface area contributed by atoms with Gasteiger partial charge >= 0.3 is 0 Å². The summed E-state index contributed by atoms with van der Waals surface area (Å²) < 4.78 is 0.897. The van der Waals surface area contributed by atoms with Gasteiger partial charge in [0.05, 0.1) is 0 Å². The molecule has 0 atom stereocenters. The first-order valence-corrected chi connectivity index (χ1v) is 7.57. The number of halogens is 1. The van der Waals surface area contributed by atoms with Crippen molar-refractivity contribution in [1.82, 2.24) is 4.98 Å².